The van der Waals surface area contributed by atoms with E-state index >= 15 is 0 Å². The lowest BCUT2D eigenvalue weighted by Gasteiger charge is -2.49. The quantitative estimate of drug-likeness (QED) is 0.770. The SMILES string of the molecule is CC(C)(C)OC(=O)C1(C#N)CC=C2N1c1ccccc1OC21CCNCC1. The van der Waals surface area contributed by atoms with E-state index in [-0.39, 0.29) is 0 Å². The van der Waals surface area contributed by atoms with Crippen LogP contribution in [0.1, 0.15) is 40.0 Å². The zero-order valence-corrected chi connectivity index (χ0v) is 16.0. The number of carbonyl (C=O) groups excluding carboxylic acids is 1. The molecule has 0 bridgehead atoms. The van der Waals surface area contributed by atoms with E-state index in [1.54, 1.807) is 0 Å². The number of ether oxygens (including phenoxy) is 2. The zero-order chi connectivity index (χ0) is 19.3. The van der Waals surface area contributed by atoms with Crippen LogP contribution in [0.25, 0.3) is 0 Å². The van der Waals surface area contributed by atoms with Crippen molar-refractivity contribution in [3.05, 3.63) is 36.0 Å². The van der Waals surface area contributed by atoms with E-state index < -0.39 is 22.7 Å². The lowest BCUT2D eigenvalue weighted by atomic mass is 9.86. The summed E-state index contributed by atoms with van der Waals surface area (Å²) in [5, 5.41) is 13.5. The number of para-hydroxylation sites is 2. The van der Waals surface area contributed by atoms with E-state index in [0.29, 0.717) is 12.2 Å². The number of rotatable bonds is 1. The maximum atomic E-state index is 13.2. The van der Waals surface area contributed by atoms with Crippen molar-refractivity contribution in [2.45, 2.75) is 56.8 Å². The fraction of sp³-hybridized carbons (Fsp3) is 0.524. The summed E-state index contributed by atoms with van der Waals surface area (Å²) < 4.78 is 12.1. The molecule has 0 saturated carbocycles. The molecule has 1 unspecified atom stereocenters. The molecule has 6 nitrogen and oxygen atoms in total. The minimum atomic E-state index is -1.40. The summed E-state index contributed by atoms with van der Waals surface area (Å²) in [7, 11) is 0. The van der Waals surface area contributed by atoms with Crippen LogP contribution in [0.4, 0.5) is 5.69 Å². The van der Waals surface area contributed by atoms with Crippen molar-refractivity contribution in [2.24, 2.45) is 0 Å². The fourth-order valence-electron chi connectivity index (χ4n) is 4.22. The van der Waals surface area contributed by atoms with Crippen LogP contribution in [-0.2, 0) is 9.53 Å². The van der Waals surface area contributed by atoms with Crippen molar-refractivity contribution < 1.29 is 14.3 Å². The molecule has 27 heavy (non-hydrogen) atoms. The van der Waals surface area contributed by atoms with E-state index in [1.165, 1.54) is 0 Å². The van der Waals surface area contributed by atoms with Gasteiger partial charge in [-0.2, -0.15) is 5.26 Å². The third-order valence-electron chi connectivity index (χ3n) is 5.42. The van der Waals surface area contributed by atoms with Gasteiger partial charge in [0.25, 0.3) is 0 Å². The van der Waals surface area contributed by atoms with Crippen LogP contribution in [0.3, 0.4) is 0 Å². The molecule has 1 aromatic rings. The highest BCUT2D eigenvalue weighted by Gasteiger charge is 2.59. The molecule has 1 spiro atoms. The summed E-state index contributed by atoms with van der Waals surface area (Å²) in [6.45, 7) is 7.13. The maximum Gasteiger partial charge on any atom is 0.348 e. The largest absolute Gasteiger partial charge is 0.479 e. The van der Waals surface area contributed by atoms with E-state index in [4.69, 9.17) is 9.47 Å². The lowest BCUT2D eigenvalue weighted by Crippen LogP contribution is -2.60. The molecular weight excluding hydrogens is 342 g/mol. The van der Waals surface area contributed by atoms with Crippen molar-refractivity contribution in [1.82, 2.24) is 5.32 Å². The number of fused-ring (bicyclic) bond motifs is 4. The van der Waals surface area contributed by atoms with E-state index in [0.717, 1.165) is 37.3 Å². The summed E-state index contributed by atoms with van der Waals surface area (Å²) in [5.74, 6) is 0.200. The molecule has 0 radical (unpaired) electrons. The van der Waals surface area contributed by atoms with Crippen LogP contribution in [0.5, 0.6) is 5.75 Å². The predicted octanol–water partition coefficient (Wildman–Crippen LogP) is 2.90. The molecule has 3 aliphatic rings. The summed E-state index contributed by atoms with van der Waals surface area (Å²) >= 11 is 0. The number of esters is 1. The van der Waals surface area contributed by atoms with Crippen molar-refractivity contribution in [3.63, 3.8) is 0 Å². The smallest absolute Gasteiger partial charge is 0.348 e. The van der Waals surface area contributed by atoms with Gasteiger partial charge in [0.2, 0.25) is 5.54 Å². The number of hydrogen-bond acceptors (Lipinski definition) is 6. The summed E-state index contributed by atoms with van der Waals surface area (Å²) in [4.78, 5) is 15.1. The molecular formula is C21H25N3O3. The van der Waals surface area contributed by atoms with Crippen LogP contribution in [-0.4, -0.2) is 35.8 Å². The van der Waals surface area contributed by atoms with Gasteiger partial charge in [-0.05, 0) is 46.0 Å². The van der Waals surface area contributed by atoms with Crippen LogP contribution in [0, 0.1) is 11.3 Å². The highest BCUT2D eigenvalue weighted by atomic mass is 16.6. The first-order valence-corrected chi connectivity index (χ1v) is 9.46. The summed E-state index contributed by atoms with van der Waals surface area (Å²) in [5.41, 5.74) is -0.921. The van der Waals surface area contributed by atoms with E-state index in [9.17, 15) is 10.1 Å². The topological polar surface area (TPSA) is 74.6 Å². The molecule has 0 aliphatic carbocycles. The number of carbonyl (C=O) groups is 1. The number of nitrogens with one attached hydrogen (secondary N) is 1. The second-order valence-electron chi connectivity index (χ2n) is 8.42. The minimum absolute atomic E-state index is 0.292. The molecule has 3 aliphatic heterocycles. The van der Waals surface area contributed by atoms with Gasteiger partial charge < -0.3 is 19.7 Å². The molecule has 0 amide bonds. The highest BCUT2D eigenvalue weighted by molar-refractivity contribution is 5.93. The monoisotopic (exact) mass is 367 g/mol. The van der Waals surface area contributed by atoms with Crippen molar-refractivity contribution in [3.8, 4) is 11.8 Å². The number of hydrogen-bond donors (Lipinski definition) is 1. The normalized spacial score (nSPS) is 25.7. The Hall–Kier alpha value is -2.52. The number of nitrogens with zero attached hydrogens (tertiary/aromatic N) is 2. The van der Waals surface area contributed by atoms with Gasteiger partial charge in [-0.15, -0.1) is 0 Å². The summed E-state index contributed by atoms with van der Waals surface area (Å²) in [6.07, 6.45) is 3.87. The minimum Gasteiger partial charge on any atom is -0.479 e. The predicted molar refractivity (Wildman–Crippen MR) is 101 cm³/mol. The van der Waals surface area contributed by atoms with Crippen molar-refractivity contribution >= 4 is 11.7 Å². The molecule has 1 aromatic carbocycles. The first-order chi connectivity index (χ1) is 12.8. The summed E-state index contributed by atoms with van der Waals surface area (Å²) in [6, 6.07) is 9.92. The molecule has 1 N–H and O–H groups in total. The first kappa shape index (κ1) is 17.9. The third-order valence-corrected chi connectivity index (χ3v) is 5.42. The Bertz CT molecular complexity index is 843. The second-order valence-corrected chi connectivity index (χ2v) is 8.42. The van der Waals surface area contributed by atoms with Crippen LogP contribution >= 0.6 is 0 Å². The molecule has 0 aromatic heterocycles. The Morgan fingerprint density at radius 1 is 1.30 bits per heavy atom. The molecule has 3 heterocycles. The molecule has 1 fully saturated rings. The van der Waals surface area contributed by atoms with Gasteiger partial charge in [-0.25, -0.2) is 4.79 Å². The van der Waals surface area contributed by atoms with Gasteiger partial charge in [0.1, 0.15) is 17.4 Å². The van der Waals surface area contributed by atoms with Crippen molar-refractivity contribution in [1.29, 1.82) is 5.26 Å². The van der Waals surface area contributed by atoms with Crippen LogP contribution < -0.4 is 15.0 Å². The molecule has 142 valence electrons. The molecule has 1 saturated heterocycles. The van der Waals surface area contributed by atoms with Gasteiger partial charge in [0.15, 0.2) is 5.60 Å². The van der Waals surface area contributed by atoms with Crippen LogP contribution in [0.2, 0.25) is 0 Å². The number of anilines is 1. The number of nitriles is 1. The zero-order valence-electron chi connectivity index (χ0n) is 16.0. The Kier molecular flexibility index (Phi) is 3.97. The van der Waals surface area contributed by atoms with Gasteiger partial charge in [-0.3, -0.25) is 0 Å². The second kappa shape index (κ2) is 6.00. The Morgan fingerprint density at radius 3 is 2.67 bits per heavy atom. The average molecular weight is 367 g/mol. The highest BCUT2D eigenvalue weighted by Crippen LogP contribution is 2.53. The van der Waals surface area contributed by atoms with Crippen LogP contribution in [0.15, 0.2) is 36.0 Å². The van der Waals surface area contributed by atoms with E-state index in [1.807, 2.05) is 56.0 Å². The molecule has 4 rings (SSSR count). The van der Waals surface area contributed by atoms with Gasteiger partial charge in [0, 0.05) is 19.3 Å². The number of piperidine rings is 1. The van der Waals surface area contributed by atoms with Gasteiger partial charge in [-0.1, -0.05) is 18.2 Å². The first-order valence-electron chi connectivity index (χ1n) is 9.46. The Morgan fingerprint density at radius 2 is 2.00 bits per heavy atom. The average Bonchev–Trinajstić information content (AvgIpc) is 3.03. The maximum absolute atomic E-state index is 13.2. The fourth-order valence-corrected chi connectivity index (χ4v) is 4.22. The Labute approximate surface area is 159 Å². The third kappa shape index (κ3) is 2.69. The van der Waals surface area contributed by atoms with E-state index in [2.05, 4.69) is 11.4 Å². The Balaban J connectivity index is 1.84. The lowest BCUT2D eigenvalue weighted by molar-refractivity contribution is -0.159. The van der Waals surface area contributed by atoms with Gasteiger partial charge in [0.05, 0.1) is 11.4 Å². The number of benzene rings is 1. The standard InChI is InChI=1S/C21H25N3O3/c1-19(2,3)27-18(25)20(14-22)9-8-17-21(10-12-23-13-11-21)26-16-7-5-4-6-15(16)24(17)20/h4-8,23H,9-13H2,1-3H3. The molecule has 6 heteroatoms. The van der Waals surface area contributed by atoms with Gasteiger partial charge >= 0.3 is 5.97 Å². The van der Waals surface area contributed by atoms with Crippen molar-refractivity contribution in [2.75, 3.05) is 18.0 Å². The molecule has 1 atom stereocenters.